The van der Waals surface area contributed by atoms with Gasteiger partial charge >= 0.3 is 0 Å². The van der Waals surface area contributed by atoms with E-state index in [2.05, 4.69) is 22.0 Å². The van der Waals surface area contributed by atoms with Crippen LogP contribution in [0, 0.1) is 5.82 Å². The second-order valence-corrected chi connectivity index (χ2v) is 5.34. The van der Waals surface area contributed by atoms with Crippen molar-refractivity contribution in [2.24, 2.45) is 0 Å². The molecule has 0 bridgehead atoms. The number of hydrogen-bond donors (Lipinski definition) is 0. The van der Waals surface area contributed by atoms with E-state index in [1.807, 2.05) is 24.3 Å². The summed E-state index contributed by atoms with van der Waals surface area (Å²) in [6.45, 7) is 0. The van der Waals surface area contributed by atoms with Gasteiger partial charge in [0, 0.05) is 10.4 Å². The van der Waals surface area contributed by atoms with Gasteiger partial charge in [0.2, 0.25) is 0 Å². The van der Waals surface area contributed by atoms with E-state index in [-0.39, 0.29) is 5.82 Å². The average molecular weight is 340 g/mol. The highest BCUT2D eigenvalue weighted by atomic mass is 79.9. The molecule has 0 atom stereocenters. The topological polar surface area (TPSA) is 0 Å². The van der Waals surface area contributed by atoms with E-state index >= 15 is 0 Å². The number of alkyl halides is 1. The van der Waals surface area contributed by atoms with Gasteiger partial charge in [-0.15, -0.1) is 0 Å². The van der Waals surface area contributed by atoms with Gasteiger partial charge in [-0.3, -0.25) is 0 Å². The van der Waals surface area contributed by atoms with E-state index in [0.717, 1.165) is 28.5 Å². The third-order valence-electron chi connectivity index (χ3n) is 2.77. The van der Waals surface area contributed by atoms with E-state index in [4.69, 9.17) is 11.6 Å². The summed E-state index contributed by atoms with van der Waals surface area (Å²) in [6, 6.07) is 14.2. The van der Waals surface area contributed by atoms with Crippen LogP contribution < -0.4 is 0 Å². The number of benzene rings is 2. The Bertz CT molecular complexity index is 511. The first-order chi connectivity index (χ1) is 9.20. The molecule has 0 saturated carbocycles. The normalized spacial score (nSPS) is 11.6. The quantitative estimate of drug-likeness (QED) is 0.627. The summed E-state index contributed by atoms with van der Waals surface area (Å²) in [7, 11) is 0. The largest absolute Gasteiger partial charge is 0.207 e. The molecule has 0 heterocycles. The summed E-state index contributed by atoms with van der Waals surface area (Å²) in [6.07, 6.45) is 3.06. The van der Waals surface area contributed by atoms with E-state index in [0.29, 0.717) is 5.02 Å². The van der Waals surface area contributed by atoms with Crippen molar-refractivity contribution in [2.75, 3.05) is 5.33 Å². The first-order valence-corrected chi connectivity index (χ1v) is 7.48. The van der Waals surface area contributed by atoms with Gasteiger partial charge in [-0.05, 0) is 47.4 Å². The van der Waals surface area contributed by atoms with Crippen molar-refractivity contribution in [3.05, 3.63) is 76.6 Å². The van der Waals surface area contributed by atoms with Crippen LogP contribution in [-0.2, 0) is 0 Å². The van der Waals surface area contributed by atoms with Crippen LogP contribution in [0.15, 0.2) is 54.6 Å². The van der Waals surface area contributed by atoms with Crippen LogP contribution in [-0.4, -0.2) is 5.33 Å². The zero-order chi connectivity index (χ0) is 13.7. The molecule has 0 saturated heterocycles. The van der Waals surface area contributed by atoms with Crippen LogP contribution in [0.4, 0.5) is 4.39 Å². The maximum absolute atomic E-state index is 13.0. The maximum atomic E-state index is 13.0. The molecule has 0 fully saturated rings. The second-order valence-electron chi connectivity index (χ2n) is 4.11. The van der Waals surface area contributed by atoms with Crippen LogP contribution in [0.3, 0.4) is 0 Å². The lowest BCUT2D eigenvalue weighted by Gasteiger charge is -2.09. The van der Waals surface area contributed by atoms with Gasteiger partial charge in [-0.25, -0.2) is 4.39 Å². The van der Waals surface area contributed by atoms with Gasteiger partial charge in [-0.1, -0.05) is 57.9 Å². The van der Waals surface area contributed by atoms with Crippen molar-refractivity contribution in [1.82, 2.24) is 0 Å². The van der Waals surface area contributed by atoms with Crippen molar-refractivity contribution >= 4 is 33.1 Å². The minimum Gasteiger partial charge on any atom is -0.207 e. The van der Waals surface area contributed by atoms with Crippen molar-refractivity contribution in [3.8, 4) is 0 Å². The molecule has 98 valence electrons. The van der Waals surface area contributed by atoms with Crippen LogP contribution in [0.25, 0.3) is 5.57 Å². The standard InChI is InChI=1S/C16H13BrClF/c17-11-1-2-16(12-3-7-14(18)8-4-12)13-5-9-15(19)10-6-13/h2-10H,1,11H2/b16-2+. The lowest BCUT2D eigenvalue weighted by molar-refractivity contribution is 0.627. The first-order valence-electron chi connectivity index (χ1n) is 5.98. The summed E-state index contributed by atoms with van der Waals surface area (Å²) in [5, 5.41) is 1.60. The lowest BCUT2D eigenvalue weighted by atomic mass is 9.97. The Labute approximate surface area is 126 Å². The van der Waals surface area contributed by atoms with Gasteiger partial charge in [-0.2, -0.15) is 0 Å². The van der Waals surface area contributed by atoms with Gasteiger partial charge in [0.05, 0.1) is 0 Å². The third kappa shape index (κ3) is 3.92. The van der Waals surface area contributed by atoms with Gasteiger partial charge in [0.25, 0.3) is 0 Å². The Morgan fingerprint density at radius 3 is 2.05 bits per heavy atom. The molecule has 0 aliphatic rings. The highest BCUT2D eigenvalue weighted by molar-refractivity contribution is 9.09. The van der Waals surface area contributed by atoms with E-state index in [9.17, 15) is 4.39 Å². The SMILES string of the molecule is Fc1ccc(/C(=C/CCBr)c2ccc(Cl)cc2)cc1. The molecule has 2 aromatic rings. The first kappa shape index (κ1) is 14.3. The van der Waals surface area contributed by atoms with Crippen molar-refractivity contribution in [3.63, 3.8) is 0 Å². The molecule has 2 aromatic carbocycles. The van der Waals surface area contributed by atoms with Crippen molar-refractivity contribution < 1.29 is 4.39 Å². The Balaban J connectivity index is 2.41. The average Bonchev–Trinajstić information content (AvgIpc) is 2.43. The molecule has 0 aliphatic carbocycles. The molecule has 0 aliphatic heterocycles. The van der Waals surface area contributed by atoms with Crippen molar-refractivity contribution in [2.45, 2.75) is 6.42 Å². The minimum absolute atomic E-state index is 0.223. The predicted molar refractivity (Wildman–Crippen MR) is 83.3 cm³/mol. The molecule has 3 heteroatoms. The third-order valence-corrected chi connectivity index (χ3v) is 3.48. The Kier molecular flexibility index (Phi) is 5.17. The second kappa shape index (κ2) is 6.88. The van der Waals surface area contributed by atoms with Gasteiger partial charge in [0.1, 0.15) is 5.82 Å². The molecule has 0 spiro atoms. The smallest absolute Gasteiger partial charge is 0.123 e. The molecule has 0 aromatic heterocycles. The summed E-state index contributed by atoms with van der Waals surface area (Å²) in [4.78, 5) is 0. The van der Waals surface area contributed by atoms with Crippen LogP contribution in [0.2, 0.25) is 5.02 Å². The number of allylic oxidation sites excluding steroid dienone is 1. The summed E-state index contributed by atoms with van der Waals surface area (Å²) in [5.74, 6) is -0.223. The zero-order valence-corrected chi connectivity index (χ0v) is 12.6. The molecular formula is C16H13BrClF. The monoisotopic (exact) mass is 338 g/mol. The zero-order valence-electron chi connectivity index (χ0n) is 10.2. The van der Waals surface area contributed by atoms with Gasteiger partial charge < -0.3 is 0 Å². The molecule has 0 radical (unpaired) electrons. The Hall–Kier alpha value is -1.12. The molecule has 19 heavy (non-hydrogen) atoms. The maximum Gasteiger partial charge on any atom is 0.123 e. The van der Waals surface area contributed by atoms with Crippen LogP contribution in [0.5, 0.6) is 0 Å². The fourth-order valence-electron chi connectivity index (χ4n) is 1.86. The van der Waals surface area contributed by atoms with E-state index in [1.165, 1.54) is 12.1 Å². The molecule has 0 unspecified atom stereocenters. The number of hydrogen-bond acceptors (Lipinski definition) is 0. The fourth-order valence-corrected chi connectivity index (χ4v) is 2.22. The summed E-state index contributed by atoms with van der Waals surface area (Å²) in [5.41, 5.74) is 3.18. The molecule has 0 amide bonds. The van der Waals surface area contributed by atoms with Crippen LogP contribution >= 0.6 is 27.5 Å². The number of rotatable bonds is 4. The fraction of sp³-hybridized carbons (Fsp3) is 0.125. The van der Waals surface area contributed by atoms with E-state index in [1.54, 1.807) is 12.1 Å². The highest BCUT2D eigenvalue weighted by Crippen LogP contribution is 2.25. The predicted octanol–water partition coefficient (Wildman–Crippen LogP) is 5.70. The lowest BCUT2D eigenvalue weighted by Crippen LogP contribution is -1.89. The van der Waals surface area contributed by atoms with Gasteiger partial charge in [0.15, 0.2) is 0 Å². The molecule has 0 N–H and O–H groups in total. The highest BCUT2D eigenvalue weighted by Gasteiger charge is 2.05. The minimum atomic E-state index is -0.223. The summed E-state index contributed by atoms with van der Waals surface area (Å²) < 4.78 is 13.0. The van der Waals surface area contributed by atoms with E-state index < -0.39 is 0 Å². The van der Waals surface area contributed by atoms with Crippen LogP contribution in [0.1, 0.15) is 17.5 Å². The Morgan fingerprint density at radius 2 is 1.53 bits per heavy atom. The molecular weight excluding hydrogens is 327 g/mol. The Morgan fingerprint density at radius 1 is 1.00 bits per heavy atom. The molecule has 2 rings (SSSR count). The molecule has 0 nitrogen and oxygen atoms in total. The summed E-state index contributed by atoms with van der Waals surface area (Å²) >= 11 is 9.33. The number of halogens is 3. The van der Waals surface area contributed by atoms with Crippen molar-refractivity contribution in [1.29, 1.82) is 0 Å².